The highest BCUT2D eigenvalue weighted by Crippen LogP contribution is 2.26. The zero-order valence-electron chi connectivity index (χ0n) is 15.7. The Morgan fingerprint density at radius 2 is 1.91 bits per heavy atom. The zero-order valence-corrected chi connectivity index (χ0v) is 18.0. The van der Waals surface area contributed by atoms with Gasteiger partial charge in [-0.15, -0.1) is 24.0 Å². The van der Waals surface area contributed by atoms with E-state index < -0.39 is 0 Å². The topological polar surface area (TPSA) is 48.9 Å². The summed E-state index contributed by atoms with van der Waals surface area (Å²) in [6, 6.07) is 0.443. The van der Waals surface area contributed by atoms with Gasteiger partial charge in [0, 0.05) is 18.0 Å². The first-order valence-electron chi connectivity index (χ1n) is 8.88. The van der Waals surface area contributed by atoms with Gasteiger partial charge in [-0.2, -0.15) is 0 Å². The molecule has 0 aromatic rings. The van der Waals surface area contributed by atoms with Crippen LogP contribution in [0.1, 0.15) is 47.5 Å². The maximum atomic E-state index is 5.29. The van der Waals surface area contributed by atoms with E-state index in [1.54, 1.807) is 0 Å². The normalized spacial score (nSPS) is 18.1. The van der Waals surface area contributed by atoms with Gasteiger partial charge >= 0.3 is 0 Å². The van der Waals surface area contributed by atoms with Crippen LogP contribution in [-0.2, 0) is 4.74 Å². The van der Waals surface area contributed by atoms with Crippen LogP contribution < -0.4 is 10.6 Å². The van der Waals surface area contributed by atoms with Crippen molar-refractivity contribution in [3.63, 3.8) is 0 Å². The molecule has 1 saturated heterocycles. The van der Waals surface area contributed by atoms with Crippen molar-refractivity contribution in [1.82, 2.24) is 15.5 Å². The lowest BCUT2D eigenvalue weighted by atomic mass is 9.89. The van der Waals surface area contributed by atoms with Crippen LogP contribution in [-0.4, -0.2) is 62.8 Å². The maximum Gasteiger partial charge on any atom is 0.191 e. The van der Waals surface area contributed by atoms with Crippen LogP contribution in [0.3, 0.4) is 0 Å². The molecule has 6 heteroatoms. The monoisotopic (exact) mass is 440 g/mol. The number of nitrogens with zero attached hydrogens (tertiary/aromatic N) is 2. The third-order valence-electron chi connectivity index (χ3n) is 4.25. The van der Waals surface area contributed by atoms with Gasteiger partial charge in [0.05, 0.1) is 19.8 Å². The van der Waals surface area contributed by atoms with Crippen LogP contribution >= 0.6 is 24.0 Å². The second-order valence-corrected chi connectivity index (χ2v) is 6.71. The summed E-state index contributed by atoms with van der Waals surface area (Å²) in [5.41, 5.74) is 0.230. The smallest absolute Gasteiger partial charge is 0.191 e. The number of hydrogen-bond acceptors (Lipinski definition) is 3. The van der Waals surface area contributed by atoms with E-state index in [2.05, 4.69) is 50.2 Å². The molecule has 23 heavy (non-hydrogen) atoms. The summed E-state index contributed by atoms with van der Waals surface area (Å²) >= 11 is 0. The van der Waals surface area contributed by atoms with Gasteiger partial charge in [-0.3, -0.25) is 4.99 Å². The van der Waals surface area contributed by atoms with Crippen molar-refractivity contribution in [1.29, 1.82) is 0 Å². The summed E-state index contributed by atoms with van der Waals surface area (Å²) < 4.78 is 5.29. The Bertz CT molecular complexity index is 331. The molecule has 1 heterocycles. The van der Waals surface area contributed by atoms with E-state index in [1.165, 1.54) is 19.4 Å². The highest BCUT2D eigenvalue weighted by molar-refractivity contribution is 14.0. The SMILES string of the molecule is CCNC(=NCC1(C)COC1)NC(C)CCCN(CC)CC.I. The van der Waals surface area contributed by atoms with Crippen LogP contribution in [0.4, 0.5) is 0 Å². The van der Waals surface area contributed by atoms with E-state index in [9.17, 15) is 0 Å². The lowest BCUT2D eigenvalue weighted by Gasteiger charge is -2.36. The fourth-order valence-corrected chi connectivity index (χ4v) is 2.60. The minimum atomic E-state index is 0. The molecular formula is C17H37IN4O. The fourth-order valence-electron chi connectivity index (χ4n) is 2.60. The van der Waals surface area contributed by atoms with Crippen LogP contribution in [0.5, 0.6) is 0 Å². The quantitative estimate of drug-likeness (QED) is 0.312. The second-order valence-electron chi connectivity index (χ2n) is 6.71. The van der Waals surface area contributed by atoms with Gasteiger partial charge in [0.25, 0.3) is 0 Å². The number of nitrogens with one attached hydrogen (secondary N) is 2. The molecule has 1 unspecified atom stereocenters. The fraction of sp³-hybridized carbons (Fsp3) is 0.941. The first kappa shape index (κ1) is 22.9. The van der Waals surface area contributed by atoms with E-state index >= 15 is 0 Å². The Morgan fingerprint density at radius 1 is 1.26 bits per heavy atom. The highest BCUT2D eigenvalue weighted by atomic mass is 127. The molecule has 0 amide bonds. The summed E-state index contributed by atoms with van der Waals surface area (Å²) in [5.74, 6) is 0.936. The first-order chi connectivity index (χ1) is 10.5. The number of aliphatic imine (C=N–C) groups is 1. The predicted octanol–water partition coefficient (Wildman–Crippen LogP) is 2.71. The van der Waals surface area contributed by atoms with Crippen LogP contribution in [0.15, 0.2) is 4.99 Å². The Kier molecular flexibility index (Phi) is 12.3. The average molecular weight is 440 g/mol. The van der Waals surface area contributed by atoms with Gasteiger partial charge in [-0.05, 0) is 46.3 Å². The second kappa shape index (κ2) is 12.3. The van der Waals surface area contributed by atoms with Crippen LogP contribution in [0.2, 0.25) is 0 Å². The van der Waals surface area contributed by atoms with E-state index in [0.29, 0.717) is 6.04 Å². The van der Waals surface area contributed by atoms with Gasteiger partial charge in [0.15, 0.2) is 5.96 Å². The number of hydrogen-bond donors (Lipinski definition) is 2. The molecule has 0 aromatic heterocycles. The molecular weight excluding hydrogens is 403 g/mol. The van der Waals surface area contributed by atoms with Crippen molar-refractivity contribution in [2.45, 2.75) is 53.5 Å². The van der Waals surface area contributed by atoms with Crippen molar-refractivity contribution < 1.29 is 4.74 Å². The minimum absolute atomic E-state index is 0. The van der Waals surface area contributed by atoms with Gasteiger partial charge < -0.3 is 20.3 Å². The first-order valence-corrected chi connectivity index (χ1v) is 8.88. The maximum absolute atomic E-state index is 5.29. The summed E-state index contributed by atoms with van der Waals surface area (Å²) in [4.78, 5) is 7.20. The van der Waals surface area contributed by atoms with Gasteiger partial charge in [0.1, 0.15) is 0 Å². The van der Waals surface area contributed by atoms with Crippen molar-refractivity contribution in [2.24, 2.45) is 10.4 Å². The predicted molar refractivity (Wildman–Crippen MR) is 110 cm³/mol. The molecule has 1 aliphatic rings. The van der Waals surface area contributed by atoms with Gasteiger partial charge in [0.2, 0.25) is 0 Å². The molecule has 0 saturated carbocycles. The summed E-state index contributed by atoms with van der Waals surface area (Å²) in [6.45, 7) is 17.9. The largest absolute Gasteiger partial charge is 0.380 e. The molecule has 0 bridgehead atoms. The molecule has 1 fully saturated rings. The molecule has 1 atom stereocenters. The minimum Gasteiger partial charge on any atom is -0.380 e. The van der Waals surface area contributed by atoms with Gasteiger partial charge in [-0.1, -0.05) is 20.8 Å². The third kappa shape index (κ3) is 9.10. The Morgan fingerprint density at radius 3 is 2.39 bits per heavy atom. The van der Waals surface area contributed by atoms with E-state index in [1.807, 2.05) is 0 Å². The van der Waals surface area contributed by atoms with E-state index in [4.69, 9.17) is 9.73 Å². The molecule has 5 nitrogen and oxygen atoms in total. The number of halogens is 1. The average Bonchev–Trinajstić information content (AvgIpc) is 2.47. The zero-order chi connectivity index (χ0) is 16.4. The standard InChI is InChI=1S/C17H36N4O.HI/c1-6-18-16(19-12-17(5)13-22-14-17)20-15(4)10-9-11-21(7-2)8-3;/h15H,6-14H2,1-5H3,(H2,18,19,20);1H. The molecule has 1 aliphatic heterocycles. The molecule has 0 aliphatic carbocycles. The van der Waals surface area contributed by atoms with Crippen molar-refractivity contribution in [3.05, 3.63) is 0 Å². The van der Waals surface area contributed by atoms with E-state index in [-0.39, 0.29) is 29.4 Å². The molecule has 0 aromatic carbocycles. The summed E-state index contributed by atoms with van der Waals surface area (Å²) in [5, 5.41) is 6.87. The van der Waals surface area contributed by atoms with Crippen molar-refractivity contribution >= 4 is 29.9 Å². The molecule has 2 N–H and O–H groups in total. The number of rotatable bonds is 10. The lowest BCUT2D eigenvalue weighted by Crippen LogP contribution is -2.46. The third-order valence-corrected chi connectivity index (χ3v) is 4.25. The van der Waals surface area contributed by atoms with Crippen LogP contribution in [0.25, 0.3) is 0 Å². The summed E-state index contributed by atoms with van der Waals surface area (Å²) in [6.07, 6.45) is 2.39. The molecule has 0 radical (unpaired) electrons. The Labute approximate surface area is 160 Å². The molecule has 0 spiro atoms. The van der Waals surface area contributed by atoms with Gasteiger partial charge in [-0.25, -0.2) is 0 Å². The Balaban J connectivity index is 0.00000484. The van der Waals surface area contributed by atoms with Crippen molar-refractivity contribution in [3.8, 4) is 0 Å². The number of guanidine groups is 1. The number of ether oxygens (including phenoxy) is 1. The molecule has 1 rings (SSSR count). The van der Waals surface area contributed by atoms with Crippen molar-refractivity contribution in [2.75, 3.05) is 45.9 Å². The summed E-state index contributed by atoms with van der Waals surface area (Å²) in [7, 11) is 0. The molecule has 138 valence electrons. The highest BCUT2D eigenvalue weighted by Gasteiger charge is 2.33. The Hall–Kier alpha value is -0.0800. The van der Waals surface area contributed by atoms with Crippen LogP contribution in [0, 0.1) is 5.41 Å². The lowest BCUT2D eigenvalue weighted by molar-refractivity contribution is -0.0945. The van der Waals surface area contributed by atoms with E-state index in [0.717, 1.165) is 45.4 Å².